The molecule has 182 valence electrons. The summed E-state index contributed by atoms with van der Waals surface area (Å²) >= 11 is 0. The highest BCUT2D eigenvalue weighted by Crippen LogP contribution is 2.44. The number of nitrogens with one attached hydrogen (secondary N) is 2. The number of alkyl carbamates (subject to hydrolysis) is 1. The minimum atomic E-state index is -1.22. The van der Waals surface area contributed by atoms with Crippen LogP contribution in [0, 0.1) is 5.41 Å². The van der Waals surface area contributed by atoms with Gasteiger partial charge in [0.05, 0.1) is 0 Å². The predicted octanol–water partition coefficient (Wildman–Crippen LogP) is 4.24. The lowest BCUT2D eigenvalue weighted by atomic mass is 9.88. The van der Waals surface area contributed by atoms with Crippen LogP contribution in [0.25, 0.3) is 11.1 Å². The highest BCUT2D eigenvalue weighted by molar-refractivity contribution is 5.85. The van der Waals surface area contributed by atoms with E-state index in [2.05, 4.69) is 22.9 Å². The second-order valence-electron chi connectivity index (χ2n) is 9.69. The standard InChI is InChI=1S/C26H32N2O6/c1-16(24(30)31)34-28-23(29)22(13-14-26(2,3)4)27-25(32)33-15-21-19-11-7-5-9-17(19)18-10-6-8-12-20(18)21/h5-12,16,21-22H,13-15H2,1-4H3,(H,27,32)(H,28,29)(H,30,31). The zero-order valence-electron chi connectivity index (χ0n) is 20.0. The maximum absolute atomic E-state index is 12.7. The van der Waals surface area contributed by atoms with E-state index in [9.17, 15) is 14.4 Å². The number of benzene rings is 2. The number of hydroxylamine groups is 1. The number of fused-ring (bicyclic) bond motifs is 3. The van der Waals surface area contributed by atoms with Gasteiger partial charge in [-0.25, -0.2) is 15.1 Å². The van der Waals surface area contributed by atoms with Crippen LogP contribution >= 0.6 is 0 Å². The van der Waals surface area contributed by atoms with Crippen molar-refractivity contribution in [2.24, 2.45) is 5.41 Å². The first-order valence-corrected chi connectivity index (χ1v) is 11.4. The van der Waals surface area contributed by atoms with E-state index in [0.717, 1.165) is 22.3 Å². The summed E-state index contributed by atoms with van der Waals surface area (Å²) in [5.74, 6) is -1.94. The average molecular weight is 469 g/mol. The SMILES string of the molecule is CC(ONC(=O)C(CCC(C)(C)C)NC(=O)OCC1c2ccccc2-c2ccccc21)C(=O)O. The predicted molar refractivity (Wildman–Crippen MR) is 127 cm³/mol. The first-order chi connectivity index (χ1) is 16.1. The highest BCUT2D eigenvalue weighted by Gasteiger charge is 2.30. The Hall–Kier alpha value is -3.39. The van der Waals surface area contributed by atoms with Gasteiger partial charge in [0, 0.05) is 5.92 Å². The molecule has 0 radical (unpaired) electrons. The fraction of sp³-hybridized carbons (Fsp3) is 0.423. The maximum Gasteiger partial charge on any atom is 0.407 e. The van der Waals surface area contributed by atoms with Crippen LogP contribution in [0.3, 0.4) is 0 Å². The lowest BCUT2D eigenvalue weighted by Crippen LogP contribution is -2.48. The van der Waals surface area contributed by atoms with Crippen molar-refractivity contribution in [3.63, 3.8) is 0 Å². The third-order valence-corrected chi connectivity index (χ3v) is 5.82. The van der Waals surface area contributed by atoms with Gasteiger partial charge in [0.1, 0.15) is 12.6 Å². The van der Waals surface area contributed by atoms with Gasteiger partial charge in [-0.15, -0.1) is 0 Å². The largest absolute Gasteiger partial charge is 0.479 e. The van der Waals surface area contributed by atoms with Crippen molar-refractivity contribution in [3.05, 3.63) is 59.7 Å². The third-order valence-electron chi connectivity index (χ3n) is 5.82. The number of hydrogen-bond acceptors (Lipinski definition) is 5. The number of ether oxygens (including phenoxy) is 1. The maximum atomic E-state index is 12.7. The zero-order valence-corrected chi connectivity index (χ0v) is 20.0. The fourth-order valence-electron chi connectivity index (χ4n) is 3.90. The van der Waals surface area contributed by atoms with E-state index < -0.39 is 30.1 Å². The zero-order chi connectivity index (χ0) is 24.9. The molecule has 2 atom stereocenters. The van der Waals surface area contributed by atoms with Crippen molar-refractivity contribution < 1.29 is 29.1 Å². The number of hydrogen-bond donors (Lipinski definition) is 3. The molecule has 0 aliphatic heterocycles. The smallest absolute Gasteiger partial charge is 0.407 e. The quantitative estimate of drug-likeness (QED) is 0.474. The molecule has 0 bridgehead atoms. The number of carbonyl (C=O) groups excluding carboxylic acids is 2. The van der Waals surface area contributed by atoms with E-state index in [4.69, 9.17) is 14.7 Å². The molecule has 0 saturated heterocycles. The summed E-state index contributed by atoms with van der Waals surface area (Å²) < 4.78 is 5.55. The monoisotopic (exact) mass is 468 g/mol. The number of carboxylic acid groups (broad SMARTS) is 1. The summed E-state index contributed by atoms with van der Waals surface area (Å²) in [5, 5.41) is 11.5. The van der Waals surface area contributed by atoms with Crippen LogP contribution < -0.4 is 10.8 Å². The topological polar surface area (TPSA) is 114 Å². The molecule has 0 fully saturated rings. The van der Waals surface area contributed by atoms with Gasteiger partial charge < -0.3 is 15.2 Å². The Balaban J connectivity index is 1.65. The molecule has 3 N–H and O–H groups in total. The highest BCUT2D eigenvalue weighted by atomic mass is 16.7. The molecular weight excluding hydrogens is 436 g/mol. The van der Waals surface area contributed by atoms with E-state index in [1.165, 1.54) is 6.92 Å². The van der Waals surface area contributed by atoms with Crippen molar-refractivity contribution in [1.82, 2.24) is 10.8 Å². The Morgan fingerprint density at radius 2 is 1.56 bits per heavy atom. The summed E-state index contributed by atoms with van der Waals surface area (Å²) in [6.07, 6.45) is -0.961. The molecule has 0 saturated carbocycles. The van der Waals surface area contributed by atoms with Crippen LogP contribution in [0.2, 0.25) is 0 Å². The number of amides is 2. The number of rotatable bonds is 9. The van der Waals surface area contributed by atoms with Crippen LogP contribution in [-0.4, -0.2) is 41.8 Å². The molecule has 2 unspecified atom stereocenters. The van der Waals surface area contributed by atoms with Gasteiger partial charge in [0.15, 0.2) is 6.10 Å². The van der Waals surface area contributed by atoms with Gasteiger partial charge in [-0.2, -0.15) is 0 Å². The van der Waals surface area contributed by atoms with E-state index >= 15 is 0 Å². The average Bonchev–Trinajstić information content (AvgIpc) is 3.11. The molecule has 2 amide bonds. The van der Waals surface area contributed by atoms with Crippen molar-refractivity contribution in [2.75, 3.05) is 6.61 Å². The van der Waals surface area contributed by atoms with Crippen molar-refractivity contribution in [2.45, 2.75) is 58.6 Å². The minimum absolute atomic E-state index is 0.0728. The third kappa shape index (κ3) is 6.35. The molecule has 1 aliphatic rings. The lowest BCUT2D eigenvalue weighted by molar-refractivity contribution is -0.159. The Kier molecular flexibility index (Phi) is 7.94. The molecule has 34 heavy (non-hydrogen) atoms. The van der Waals surface area contributed by atoms with Crippen molar-refractivity contribution >= 4 is 18.0 Å². The van der Waals surface area contributed by atoms with Gasteiger partial charge in [-0.3, -0.25) is 9.63 Å². The van der Waals surface area contributed by atoms with Gasteiger partial charge in [-0.05, 0) is 47.4 Å². The van der Waals surface area contributed by atoms with Crippen LogP contribution in [-0.2, 0) is 19.2 Å². The second kappa shape index (κ2) is 10.7. The molecule has 0 heterocycles. The summed E-state index contributed by atoms with van der Waals surface area (Å²) in [6.45, 7) is 7.50. The number of aliphatic carboxylic acids is 1. The van der Waals surface area contributed by atoms with Crippen molar-refractivity contribution in [3.8, 4) is 11.1 Å². The molecular formula is C26H32N2O6. The Morgan fingerprint density at radius 3 is 2.09 bits per heavy atom. The fourth-order valence-corrected chi connectivity index (χ4v) is 3.90. The number of carboxylic acids is 1. The molecule has 0 spiro atoms. The van der Waals surface area contributed by atoms with Gasteiger partial charge >= 0.3 is 12.1 Å². The normalized spacial score (nSPS) is 14.5. The summed E-state index contributed by atoms with van der Waals surface area (Å²) in [4.78, 5) is 41.1. The van der Waals surface area contributed by atoms with Gasteiger partial charge in [-0.1, -0.05) is 69.3 Å². The molecule has 2 aromatic rings. The van der Waals surface area contributed by atoms with E-state index in [1.807, 2.05) is 57.2 Å². The van der Waals surface area contributed by atoms with Crippen LogP contribution in [0.5, 0.6) is 0 Å². The van der Waals surface area contributed by atoms with Gasteiger partial charge in [0.25, 0.3) is 5.91 Å². The second-order valence-corrected chi connectivity index (χ2v) is 9.69. The molecule has 1 aliphatic carbocycles. The first kappa shape index (κ1) is 25.2. The van der Waals surface area contributed by atoms with Crippen LogP contribution in [0.15, 0.2) is 48.5 Å². The summed E-state index contributed by atoms with van der Waals surface area (Å²) in [7, 11) is 0. The minimum Gasteiger partial charge on any atom is -0.479 e. The van der Waals surface area contributed by atoms with E-state index in [-0.39, 0.29) is 17.9 Å². The van der Waals surface area contributed by atoms with E-state index in [1.54, 1.807) is 0 Å². The Bertz CT molecular complexity index is 1000. The molecule has 3 rings (SSSR count). The van der Waals surface area contributed by atoms with Crippen LogP contribution in [0.4, 0.5) is 4.79 Å². The number of carbonyl (C=O) groups is 3. The molecule has 2 aromatic carbocycles. The molecule has 0 aromatic heterocycles. The molecule has 8 heteroatoms. The Labute approximate surface area is 199 Å². The van der Waals surface area contributed by atoms with E-state index in [0.29, 0.717) is 12.8 Å². The summed E-state index contributed by atoms with van der Waals surface area (Å²) in [6, 6.07) is 15.1. The van der Waals surface area contributed by atoms with Gasteiger partial charge in [0.2, 0.25) is 0 Å². The lowest BCUT2D eigenvalue weighted by Gasteiger charge is -2.24. The molecule has 8 nitrogen and oxygen atoms in total. The first-order valence-electron chi connectivity index (χ1n) is 11.4. The summed E-state index contributed by atoms with van der Waals surface area (Å²) in [5.41, 5.74) is 6.50. The van der Waals surface area contributed by atoms with Crippen LogP contribution in [0.1, 0.15) is 57.6 Å². The van der Waals surface area contributed by atoms with Crippen molar-refractivity contribution in [1.29, 1.82) is 0 Å². The Morgan fingerprint density at radius 1 is 1.00 bits per heavy atom.